The average Bonchev–Trinajstić information content (AvgIpc) is 2.63. The van der Waals surface area contributed by atoms with Crippen molar-refractivity contribution in [3.05, 3.63) is 20.8 Å². The molecule has 0 spiro atoms. The van der Waals surface area contributed by atoms with E-state index in [4.69, 9.17) is 5.73 Å². The minimum absolute atomic E-state index is 0.0602. The van der Waals surface area contributed by atoms with Crippen LogP contribution in [0.5, 0.6) is 0 Å². The molecule has 0 saturated heterocycles. The number of anilines is 2. The number of nitrogens with two attached hydrogens (primary N) is 1. The van der Waals surface area contributed by atoms with Crippen LogP contribution in [0.3, 0.4) is 0 Å². The summed E-state index contributed by atoms with van der Waals surface area (Å²) in [5.74, 6) is 0.202. The van der Waals surface area contributed by atoms with Crippen LogP contribution in [-0.4, -0.2) is 46.5 Å². The van der Waals surface area contributed by atoms with Gasteiger partial charge in [0.15, 0.2) is 5.69 Å². The van der Waals surface area contributed by atoms with Gasteiger partial charge in [-0.2, -0.15) is 0 Å². The lowest BCUT2D eigenvalue weighted by Crippen LogP contribution is -2.47. The van der Waals surface area contributed by atoms with Crippen LogP contribution in [-0.2, 0) is 11.3 Å². The number of hydrogen-bond donors (Lipinski definition) is 2. The highest BCUT2D eigenvalue weighted by Crippen LogP contribution is 2.23. The number of H-pyrrole nitrogens is 1. The summed E-state index contributed by atoms with van der Waals surface area (Å²) >= 11 is 0. The number of hydrogen-bond acceptors (Lipinski definition) is 5. The van der Waals surface area contributed by atoms with Crippen LogP contribution in [0.2, 0.25) is 0 Å². The normalized spacial score (nSPS) is 16.0. The number of likely N-dealkylation sites (N-methyl/N-ethyl adjacent to an activating group) is 1. The molecule has 1 saturated carbocycles. The molecule has 1 fully saturated rings. The number of aromatic amines is 1. The van der Waals surface area contributed by atoms with Gasteiger partial charge in [0.1, 0.15) is 5.82 Å². The molecule has 0 atom stereocenters. The standard InChI is InChI=1S/C23H41N5O3/c1-16(2)13-27(19(29)15-26(5)18-11-9-7-6-8-10-12-18)20-21(24)28(14-17(3)4)23(31)25-22(20)30/h16-18H,6-15,24H2,1-5H3,(H,25,30,31). The van der Waals surface area contributed by atoms with Crippen molar-refractivity contribution in [2.24, 2.45) is 11.8 Å². The predicted octanol–water partition coefficient (Wildman–Crippen LogP) is 2.81. The summed E-state index contributed by atoms with van der Waals surface area (Å²) in [7, 11) is 1.99. The van der Waals surface area contributed by atoms with Crippen LogP contribution in [0.4, 0.5) is 11.5 Å². The van der Waals surface area contributed by atoms with E-state index in [2.05, 4.69) is 9.88 Å². The molecule has 0 aromatic carbocycles. The number of nitrogens with zero attached hydrogens (tertiary/aromatic N) is 3. The van der Waals surface area contributed by atoms with Gasteiger partial charge in [-0.05, 0) is 31.7 Å². The van der Waals surface area contributed by atoms with Crippen molar-refractivity contribution in [2.45, 2.75) is 85.2 Å². The average molecular weight is 436 g/mol. The van der Waals surface area contributed by atoms with Gasteiger partial charge >= 0.3 is 5.69 Å². The lowest BCUT2D eigenvalue weighted by Gasteiger charge is -2.32. The molecule has 8 heteroatoms. The van der Waals surface area contributed by atoms with Gasteiger partial charge < -0.3 is 10.6 Å². The molecular weight excluding hydrogens is 394 g/mol. The van der Waals surface area contributed by atoms with E-state index < -0.39 is 11.2 Å². The lowest BCUT2D eigenvalue weighted by atomic mass is 9.96. The highest BCUT2D eigenvalue weighted by atomic mass is 16.2. The zero-order valence-corrected chi connectivity index (χ0v) is 19.9. The second-order valence-corrected chi connectivity index (χ2v) is 9.81. The minimum atomic E-state index is -0.606. The molecule has 1 aliphatic rings. The van der Waals surface area contributed by atoms with Gasteiger partial charge in [-0.1, -0.05) is 59.8 Å². The molecule has 1 aromatic heterocycles. The maximum atomic E-state index is 13.4. The summed E-state index contributed by atoms with van der Waals surface area (Å²) < 4.78 is 1.36. The smallest absolute Gasteiger partial charge is 0.330 e. The van der Waals surface area contributed by atoms with Gasteiger partial charge in [-0.3, -0.25) is 24.0 Å². The summed E-state index contributed by atoms with van der Waals surface area (Å²) in [6.45, 7) is 8.89. The molecule has 3 N–H and O–H groups in total. The summed E-state index contributed by atoms with van der Waals surface area (Å²) in [5, 5.41) is 0. The molecule has 31 heavy (non-hydrogen) atoms. The largest absolute Gasteiger partial charge is 0.383 e. The van der Waals surface area contributed by atoms with Crippen molar-refractivity contribution in [2.75, 3.05) is 30.8 Å². The zero-order valence-electron chi connectivity index (χ0n) is 19.9. The number of nitrogens with one attached hydrogen (secondary N) is 1. The van der Waals surface area contributed by atoms with Gasteiger partial charge in [0.05, 0.1) is 6.54 Å². The van der Waals surface area contributed by atoms with Gasteiger partial charge in [-0.15, -0.1) is 0 Å². The van der Waals surface area contributed by atoms with Crippen molar-refractivity contribution >= 4 is 17.4 Å². The van der Waals surface area contributed by atoms with Crippen molar-refractivity contribution in [1.82, 2.24) is 14.5 Å². The molecule has 176 valence electrons. The molecular formula is C23H41N5O3. The molecule has 0 aliphatic heterocycles. The number of aromatic nitrogens is 2. The van der Waals surface area contributed by atoms with Crippen LogP contribution in [0.15, 0.2) is 9.59 Å². The van der Waals surface area contributed by atoms with Crippen molar-refractivity contribution in [3.63, 3.8) is 0 Å². The van der Waals surface area contributed by atoms with E-state index in [1.165, 1.54) is 41.6 Å². The zero-order chi connectivity index (χ0) is 23.1. The van der Waals surface area contributed by atoms with E-state index in [0.29, 0.717) is 19.1 Å². The number of nitrogen functional groups attached to an aromatic ring is 1. The molecule has 1 aromatic rings. The van der Waals surface area contributed by atoms with Gasteiger partial charge in [-0.25, -0.2) is 4.79 Å². The Morgan fingerprint density at radius 3 is 2.19 bits per heavy atom. The van der Waals surface area contributed by atoms with Gasteiger partial charge in [0, 0.05) is 19.1 Å². The van der Waals surface area contributed by atoms with Crippen LogP contribution in [0.25, 0.3) is 0 Å². The summed E-state index contributed by atoms with van der Waals surface area (Å²) in [6.07, 6.45) is 8.36. The van der Waals surface area contributed by atoms with Crippen LogP contribution in [0.1, 0.15) is 72.6 Å². The Hall–Kier alpha value is -2.09. The molecule has 2 rings (SSSR count). The number of amides is 1. The highest BCUT2D eigenvalue weighted by molar-refractivity contribution is 5.96. The number of carbonyl (C=O) groups is 1. The molecule has 8 nitrogen and oxygen atoms in total. The maximum Gasteiger partial charge on any atom is 0.330 e. The Labute approximate surface area is 185 Å². The van der Waals surface area contributed by atoms with E-state index in [1.807, 2.05) is 34.7 Å². The fraction of sp³-hybridized carbons (Fsp3) is 0.783. The van der Waals surface area contributed by atoms with Crippen molar-refractivity contribution in [3.8, 4) is 0 Å². The topological polar surface area (TPSA) is 104 Å². The molecule has 0 unspecified atom stereocenters. The Morgan fingerprint density at radius 2 is 1.65 bits per heavy atom. The summed E-state index contributed by atoms with van der Waals surface area (Å²) in [6, 6.07) is 0.371. The predicted molar refractivity (Wildman–Crippen MR) is 127 cm³/mol. The Morgan fingerprint density at radius 1 is 1.06 bits per heavy atom. The van der Waals surface area contributed by atoms with E-state index in [1.54, 1.807) is 0 Å². The van der Waals surface area contributed by atoms with Crippen LogP contribution >= 0.6 is 0 Å². The molecule has 1 heterocycles. The van der Waals surface area contributed by atoms with E-state index in [0.717, 1.165) is 12.8 Å². The third-order valence-electron chi connectivity index (χ3n) is 5.96. The molecule has 0 bridgehead atoms. The first-order chi connectivity index (χ1) is 14.6. The molecule has 1 amide bonds. The first kappa shape index (κ1) is 25.2. The van der Waals surface area contributed by atoms with E-state index in [9.17, 15) is 14.4 Å². The highest BCUT2D eigenvalue weighted by Gasteiger charge is 2.27. The van der Waals surface area contributed by atoms with E-state index >= 15 is 0 Å². The number of rotatable bonds is 8. The number of carbonyl (C=O) groups excluding carboxylic acids is 1. The van der Waals surface area contributed by atoms with Gasteiger partial charge in [0.25, 0.3) is 5.56 Å². The van der Waals surface area contributed by atoms with Crippen LogP contribution < -0.4 is 21.9 Å². The minimum Gasteiger partial charge on any atom is -0.383 e. The quantitative estimate of drug-likeness (QED) is 0.653. The Bertz CT molecular complexity index is 835. The second kappa shape index (κ2) is 11.5. The second-order valence-electron chi connectivity index (χ2n) is 9.81. The lowest BCUT2D eigenvalue weighted by molar-refractivity contribution is -0.120. The monoisotopic (exact) mass is 435 g/mol. The Balaban J connectivity index is 2.33. The maximum absolute atomic E-state index is 13.4. The fourth-order valence-corrected chi connectivity index (χ4v) is 4.37. The SMILES string of the molecule is CC(C)CN(C(=O)CN(C)C1CCCCCCC1)c1c(N)n(CC(C)C)c(=O)[nH]c1=O. The van der Waals surface area contributed by atoms with E-state index in [-0.39, 0.29) is 35.8 Å². The van der Waals surface area contributed by atoms with Crippen molar-refractivity contribution < 1.29 is 4.79 Å². The summed E-state index contributed by atoms with van der Waals surface area (Å²) in [5.41, 5.74) is 5.24. The van der Waals surface area contributed by atoms with Crippen LogP contribution in [0, 0.1) is 11.8 Å². The third-order valence-corrected chi connectivity index (χ3v) is 5.96. The Kier molecular flexibility index (Phi) is 9.34. The van der Waals surface area contributed by atoms with Gasteiger partial charge in [0.2, 0.25) is 5.91 Å². The first-order valence-electron chi connectivity index (χ1n) is 11.7. The fourth-order valence-electron chi connectivity index (χ4n) is 4.37. The summed E-state index contributed by atoms with van der Waals surface area (Å²) in [4.78, 5) is 44.4. The molecule has 0 radical (unpaired) electrons. The third kappa shape index (κ3) is 6.95. The molecule has 1 aliphatic carbocycles. The first-order valence-corrected chi connectivity index (χ1v) is 11.7. The van der Waals surface area contributed by atoms with Crippen molar-refractivity contribution in [1.29, 1.82) is 0 Å².